The number of aromatic amines is 2. The van der Waals surface area contributed by atoms with Crippen LogP contribution in [0.15, 0.2) is 36.7 Å². The normalized spacial score (nSPS) is 12.1. The van der Waals surface area contributed by atoms with Crippen LogP contribution in [0.5, 0.6) is 0 Å². The summed E-state index contributed by atoms with van der Waals surface area (Å²) >= 11 is 0. The number of hydrogen-bond donors (Lipinski definition) is 3. The summed E-state index contributed by atoms with van der Waals surface area (Å²) in [6.45, 7) is 8.42. The number of hydrogen-bond acceptors (Lipinski definition) is 2. The second-order valence-corrected chi connectivity index (χ2v) is 6.81. The van der Waals surface area contributed by atoms with Crippen LogP contribution in [-0.4, -0.2) is 21.7 Å². The maximum Gasteiger partial charge on any atom is 0.0535 e. The molecule has 0 aliphatic carbocycles. The van der Waals surface area contributed by atoms with Gasteiger partial charge in [0.2, 0.25) is 0 Å². The van der Waals surface area contributed by atoms with Gasteiger partial charge in [-0.2, -0.15) is 5.10 Å². The van der Waals surface area contributed by atoms with E-state index in [-0.39, 0.29) is 5.41 Å². The molecule has 116 valence electrons. The topological polar surface area (TPSA) is 56.5 Å². The van der Waals surface area contributed by atoms with Gasteiger partial charge in [0.05, 0.1) is 6.20 Å². The van der Waals surface area contributed by atoms with Crippen LogP contribution in [0.1, 0.15) is 37.6 Å². The molecule has 0 saturated heterocycles. The lowest BCUT2D eigenvalue weighted by Crippen LogP contribution is -2.20. The molecule has 0 amide bonds. The Morgan fingerprint density at radius 3 is 2.77 bits per heavy atom. The molecule has 3 aromatic rings. The number of H-pyrrole nitrogens is 2. The Morgan fingerprint density at radius 1 is 1.14 bits per heavy atom. The average Bonchev–Trinajstić information content (AvgIpc) is 3.10. The first-order chi connectivity index (χ1) is 10.6. The third-order valence-corrected chi connectivity index (χ3v) is 4.03. The van der Waals surface area contributed by atoms with Crippen molar-refractivity contribution in [3.8, 4) is 0 Å². The van der Waals surface area contributed by atoms with E-state index in [0.717, 1.165) is 19.5 Å². The first-order valence-electron chi connectivity index (χ1n) is 7.84. The van der Waals surface area contributed by atoms with Gasteiger partial charge in [-0.1, -0.05) is 39.0 Å². The number of para-hydroxylation sites is 1. The molecule has 4 nitrogen and oxygen atoms in total. The summed E-state index contributed by atoms with van der Waals surface area (Å²) in [6, 6.07) is 8.45. The zero-order valence-corrected chi connectivity index (χ0v) is 13.5. The van der Waals surface area contributed by atoms with E-state index in [1.165, 1.54) is 27.7 Å². The van der Waals surface area contributed by atoms with Crippen molar-refractivity contribution in [2.45, 2.75) is 39.2 Å². The summed E-state index contributed by atoms with van der Waals surface area (Å²) in [4.78, 5) is 3.33. The molecule has 0 saturated carbocycles. The Bertz CT molecular complexity index is 746. The average molecular weight is 296 g/mol. The van der Waals surface area contributed by atoms with Gasteiger partial charge >= 0.3 is 0 Å². The van der Waals surface area contributed by atoms with E-state index in [1.807, 2.05) is 6.20 Å². The molecule has 0 atom stereocenters. The molecule has 0 aliphatic heterocycles. The molecule has 0 bridgehead atoms. The number of aromatic nitrogens is 3. The van der Waals surface area contributed by atoms with E-state index in [9.17, 15) is 0 Å². The van der Waals surface area contributed by atoms with E-state index in [1.54, 1.807) is 0 Å². The molecule has 1 aromatic carbocycles. The highest BCUT2D eigenvalue weighted by Gasteiger charge is 2.19. The minimum absolute atomic E-state index is 0.102. The fraction of sp³-hybridized carbons (Fsp3) is 0.389. The minimum atomic E-state index is 0.102. The van der Waals surface area contributed by atoms with Crippen LogP contribution < -0.4 is 5.32 Å². The quantitative estimate of drug-likeness (QED) is 0.631. The van der Waals surface area contributed by atoms with Crippen LogP contribution in [0.25, 0.3) is 10.9 Å². The lowest BCUT2D eigenvalue weighted by molar-refractivity contribution is 0.554. The monoisotopic (exact) mass is 296 g/mol. The smallest absolute Gasteiger partial charge is 0.0535 e. The molecule has 3 rings (SSSR count). The molecule has 0 unspecified atom stereocenters. The summed E-state index contributed by atoms with van der Waals surface area (Å²) in [5.74, 6) is 0. The van der Waals surface area contributed by atoms with Crippen molar-refractivity contribution < 1.29 is 0 Å². The van der Waals surface area contributed by atoms with Crippen molar-refractivity contribution in [1.82, 2.24) is 20.5 Å². The minimum Gasteiger partial charge on any atom is -0.361 e. The van der Waals surface area contributed by atoms with E-state index < -0.39 is 0 Å². The van der Waals surface area contributed by atoms with E-state index in [0.29, 0.717) is 0 Å². The molecule has 0 spiro atoms. The molecule has 22 heavy (non-hydrogen) atoms. The lowest BCUT2D eigenvalue weighted by atomic mass is 9.89. The van der Waals surface area contributed by atoms with E-state index in [4.69, 9.17) is 0 Å². The third-order valence-electron chi connectivity index (χ3n) is 4.03. The predicted octanol–water partition coefficient (Wildman–Crippen LogP) is 3.52. The molecule has 2 heterocycles. The second kappa shape index (κ2) is 5.97. The third kappa shape index (κ3) is 3.07. The zero-order chi connectivity index (χ0) is 15.6. The van der Waals surface area contributed by atoms with Crippen LogP contribution in [0.4, 0.5) is 0 Å². The van der Waals surface area contributed by atoms with Gasteiger partial charge in [0.15, 0.2) is 0 Å². The van der Waals surface area contributed by atoms with Gasteiger partial charge in [-0.05, 0) is 24.6 Å². The largest absolute Gasteiger partial charge is 0.361 e. The van der Waals surface area contributed by atoms with Gasteiger partial charge < -0.3 is 10.3 Å². The summed E-state index contributed by atoms with van der Waals surface area (Å²) in [6.07, 6.45) is 5.07. The molecule has 2 aromatic heterocycles. The van der Waals surface area contributed by atoms with Crippen LogP contribution in [0, 0.1) is 0 Å². The molecular weight excluding hydrogens is 272 g/mol. The van der Waals surface area contributed by atoms with Crippen LogP contribution in [0.2, 0.25) is 0 Å². The van der Waals surface area contributed by atoms with Gasteiger partial charge in [0, 0.05) is 40.3 Å². The van der Waals surface area contributed by atoms with Crippen LogP contribution >= 0.6 is 0 Å². The summed E-state index contributed by atoms with van der Waals surface area (Å²) < 4.78 is 0. The Hall–Kier alpha value is -2.07. The van der Waals surface area contributed by atoms with Gasteiger partial charge in [0.25, 0.3) is 0 Å². The van der Waals surface area contributed by atoms with E-state index in [2.05, 4.69) is 71.7 Å². The van der Waals surface area contributed by atoms with Gasteiger partial charge in [-0.25, -0.2) is 0 Å². The van der Waals surface area contributed by atoms with Gasteiger partial charge in [0.1, 0.15) is 0 Å². The number of nitrogens with zero attached hydrogens (tertiary/aromatic N) is 1. The number of fused-ring (bicyclic) bond motifs is 1. The molecule has 0 fully saturated rings. The summed E-state index contributed by atoms with van der Waals surface area (Å²) in [7, 11) is 0. The maximum absolute atomic E-state index is 4.19. The van der Waals surface area contributed by atoms with Crippen molar-refractivity contribution in [3.63, 3.8) is 0 Å². The predicted molar refractivity (Wildman–Crippen MR) is 91.0 cm³/mol. The Balaban J connectivity index is 1.57. The molecule has 0 radical (unpaired) electrons. The van der Waals surface area contributed by atoms with Crippen molar-refractivity contribution in [2.75, 3.05) is 6.54 Å². The molecule has 4 heteroatoms. The van der Waals surface area contributed by atoms with Crippen molar-refractivity contribution in [1.29, 1.82) is 0 Å². The summed E-state index contributed by atoms with van der Waals surface area (Å²) in [5.41, 5.74) is 5.15. The number of nitrogens with one attached hydrogen (secondary N) is 3. The Morgan fingerprint density at radius 2 is 1.95 bits per heavy atom. The van der Waals surface area contributed by atoms with E-state index >= 15 is 0 Å². The fourth-order valence-corrected chi connectivity index (χ4v) is 2.88. The number of benzene rings is 1. The Kier molecular flexibility index (Phi) is 4.03. The van der Waals surface area contributed by atoms with Crippen LogP contribution in [0.3, 0.4) is 0 Å². The lowest BCUT2D eigenvalue weighted by Gasteiger charge is -2.18. The zero-order valence-electron chi connectivity index (χ0n) is 13.5. The van der Waals surface area contributed by atoms with Crippen molar-refractivity contribution in [3.05, 3.63) is 53.5 Å². The molecule has 0 aliphatic rings. The SMILES string of the molecule is CC(C)(C)c1[nH]ncc1CNCCc1c[nH]c2ccccc12. The molecular formula is C18H24N4. The highest BCUT2D eigenvalue weighted by molar-refractivity contribution is 5.83. The molecule has 3 N–H and O–H groups in total. The highest BCUT2D eigenvalue weighted by Crippen LogP contribution is 2.23. The first kappa shape index (κ1) is 14.9. The Labute approximate surface area is 131 Å². The van der Waals surface area contributed by atoms with Gasteiger partial charge in [-0.15, -0.1) is 0 Å². The maximum atomic E-state index is 4.19. The van der Waals surface area contributed by atoms with Gasteiger partial charge in [-0.3, -0.25) is 5.10 Å². The first-order valence-corrected chi connectivity index (χ1v) is 7.84. The van der Waals surface area contributed by atoms with Crippen LogP contribution in [-0.2, 0) is 18.4 Å². The summed E-state index contributed by atoms with van der Waals surface area (Å²) in [5, 5.41) is 12.2. The fourth-order valence-electron chi connectivity index (χ4n) is 2.88. The van der Waals surface area contributed by atoms with Crippen molar-refractivity contribution in [2.24, 2.45) is 0 Å². The van der Waals surface area contributed by atoms with Crippen molar-refractivity contribution >= 4 is 10.9 Å². The standard InChI is InChI=1S/C18H24N4/c1-18(2,3)17-14(12-21-22-17)10-19-9-8-13-11-20-16-7-5-4-6-15(13)16/h4-7,11-12,19-20H,8-10H2,1-3H3,(H,21,22). The highest BCUT2D eigenvalue weighted by atomic mass is 15.1. The number of rotatable bonds is 5. The second-order valence-electron chi connectivity index (χ2n) is 6.81.